The molecule has 10 heteroatoms. The molecule has 7 nitrogen and oxygen atoms in total. The number of hydrogen-bond donors (Lipinski definition) is 0. The van der Waals surface area contributed by atoms with E-state index in [1.54, 1.807) is 47.1 Å². The van der Waals surface area contributed by atoms with Crippen molar-refractivity contribution in [1.82, 2.24) is 19.5 Å². The Bertz CT molecular complexity index is 1460. The van der Waals surface area contributed by atoms with Crippen LogP contribution >= 0.6 is 11.6 Å². The van der Waals surface area contributed by atoms with Crippen molar-refractivity contribution in [1.29, 1.82) is 5.26 Å². The second-order valence-electron chi connectivity index (χ2n) is 8.31. The van der Waals surface area contributed by atoms with Gasteiger partial charge in [0, 0.05) is 18.0 Å². The quantitative estimate of drug-likeness (QED) is 0.278. The second kappa shape index (κ2) is 10.3. The number of benzene rings is 1. The van der Waals surface area contributed by atoms with Crippen LogP contribution in [0, 0.1) is 17.2 Å². The Balaban J connectivity index is 1.56. The average Bonchev–Trinajstić information content (AvgIpc) is 3.19. The van der Waals surface area contributed by atoms with Crippen molar-refractivity contribution >= 4 is 34.9 Å². The van der Waals surface area contributed by atoms with Crippen molar-refractivity contribution in [2.75, 3.05) is 6.61 Å². The molecule has 0 radical (unpaired) electrons. The van der Waals surface area contributed by atoms with Crippen LogP contribution in [-0.2, 0) is 0 Å². The zero-order chi connectivity index (χ0) is 25.1. The van der Waals surface area contributed by atoms with Crippen LogP contribution in [0.5, 0.6) is 11.5 Å². The number of para-hydroxylation sites is 1. The predicted octanol–water partition coefficient (Wildman–Crippen LogP) is 6.29. The van der Waals surface area contributed by atoms with Gasteiger partial charge >= 0.3 is 6.61 Å². The number of rotatable bonds is 8. The van der Waals surface area contributed by atoms with Gasteiger partial charge in [0.15, 0.2) is 17.1 Å². The number of nitriles is 1. The first-order valence-corrected chi connectivity index (χ1v) is 11.7. The largest absolute Gasteiger partial charge is 0.489 e. The number of hydrogen-bond acceptors (Lipinski definition) is 6. The molecule has 1 saturated carbocycles. The van der Waals surface area contributed by atoms with E-state index in [1.165, 1.54) is 18.5 Å². The molecule has 3 aromatic heterocycles. The maximum absolute atomic E-state index is 13.1. The molecule has 182 valence electrons. The van der Waals surface area contributed by atoms with E-state index in [9.17, 15) is 8.78 Å². The van der Waals surface area contributed by atoms with Crippen LogP contribution in [-0.4, -0.2) is 32.7 Å². The molecule has 0 amide bonds. The molecule has 1 aliphatic carbocycles. The Labute approximate surface area is 210 Å². The molecular formula is C26H20ClF2N5O2. The van der Waals surface area contributed by atoms with Crippen molar-refractivity contribution in [3.8, 4) is 23.4 Å². The molecule has 0 N–H and O–H groups in total. The molecule has 5 rings (SSSR count). The summed E-state index contributed by atoms with van der Waals surface area (Å²) >= 11 is 6.12. The summed E-state index contributed by atoms with van der Waals surface area (Å²) in [6.07, 6.45) is 9.66. The van der Waals surface area contributed by atoms with E-state index >= 15 is 0 Å². The van der Waals surface area contributed by atoms with E-state index in [0.717, 1.165) is 19.3 Å². The Morgan fingerprint density at radius 1 is 1.17 bits per heavy atom. The van der Waals surface area contributed by atoms with Gasteiger partial charge in [0.25, 0.3) is 0 Å². The van der Waals surface area contributed by atoms with Gasteiger partial charge in [-0.1, -0.05) is 30.2 Å². The number of imidazole rings is 1. The number of alkyl halides is 2. The molecule has 0 atom stereocenters. The zero-order valence-electron chi connectivity index (χ0n) is 18.9. The molecular weight excluding hydrogens is 488 g/mol. The van der Waals surface area contributed by atoms with Crippen LogP contribution < -0.4 is 9.47 Å². The van der Waals surface area contributed by atoms with Gasteiger partial charge in [0.2, 0.25) is 0 Å². The highest BCUT2D eigenvalue weighted by atomic mass is 35.5. The van der Waals surface area contributed by atoms with E-state index in [2.05, 4.69) is 15.0 Å². The number of nitrogens with zero attached hydrogens (tertiary/aromatic N) is 5. The predicted molar refractivity (Wildman–Crippen MR) is 131 cm³/mol. The summed E-state index contributed by atoms with van der Waals surface area (Å²) in [5.74, 6) is 1.61. The number of ether oxygens (including phenoxy) is 2. The monoisotopic (exact) mass is 507 g/mol. The fraction of sp³-hybridized carbons (Fsp3) is 0.231. The van der Waals surface area contributed by atoms with E-state index in [-0.39, 0.29) is 11.5 Å². The van der Waals surface area contributed by atoms with Gasteiger partial charge in [-0.3, -0.25) is 4.57 Å². The van der Waals surface area contributed by atoms with Gasteiger partial charge in [-0.05, 0) is 55.2 Å². The van der Waals surface area contributed by atoms with Crippen LogP contribution in [0.3, 0.4) is 0 Å². The summed E-state index contributed by atoms with van der Waals surface area (Å²) < 4.78 is 38.5. The summed E-state index contributed by atoms with van der Waals surface area (Å²) in [4.78, 5) is 13.4. The van der Waals surface area contributed by atoms with Gasteiger partial charge in [-0.15, -0.1) is 0 Å². The highest BCUT2D eigenvalue weighted by Gasteiger charge is 2.21. The van der Waals surface area contributed by atoms with Crippen molar-refractivity contribution < 1.29 is 18.3 Å². The Morgan fingerprint density at radius 3 is 2.72 bits per heavy atom. The lowest BCUT2D eigenvalue weighted by Crippen LogP contribution is -2.20. The van der Waals surface area contributed by atoms with E-state index in [0.29, 0.717) is 51.5 Å². The van der Waals surface area contributed by atoms with E-state index in [4.69, 9.17) is 26.3 Å². The van der Waals surface area contributed by atoms with Crippen molar-refractivity contribution in [2.24, 2.45) is 5.92 Å². The summed E-state index contributed by atoms with van der Waals surface area (Å²) in [6, 6.07) is 11.9. The smallest absolute Gasteiger partial charge is 0.387 e. The molecule has 0 saturated heterocycles. The lowest BCUT2D eigenvalue weighted by Gasteiger charge is -2.26. The molecule has 0 unspecified atom stereocenters. The summed E-state index contributed by atoms with van der Waals surface area (Å²) in [5.41, 5.74) is 2.04. The Morgan fingerprint density at radius 2 is 2.03 bits per heavy atom. The fourth-order valence-electron chi connectivity index (χ4n) is 3.91. The van der Waals surface area contributed by atoms with Crippen LogP contribution in [0.25, 0.3) is 29.1 Å². The average molecular weight is 508 g/mol. The van der Waals surface area contributed by atoms with Gasteiger partial charge < -0.3 is 9.47 Å². The molecule has 0 spiro atoms. The molecule has 36 heavy (non-hydrogen) atoms. The Kier molecular flexibility index (Phi) is 6.78. The maximum Gasteiger partial charge on any atom is 0.387 e. The number of fused-ring (bicyclic) bond motifs is 1. The Hall–Kier alpha value is -4.03. The molecule has 3 heterocycles. The van der Waals surface area contributed by atoms with Crippen molar-refractivity contribution in [2.45, 2.75) is 25.9 Å². The van der Waals surface area contributed by atoms with Gasteiger partial charge in [-0.25, -0.2) is 15.0 Å². The maximum atomic E-state index is 13.1. The normalized spacial score (nSPS) is 13.8. The second-order valence-corrected chi connectivity index (χ2v) is 8.75. The number of halogens is 3. The first-order chi connectivity index (χ1) is 17.5. The lowest BCUT2D eigenvalue weighted by atomic mass is 9.86. The standard InChI is InChI=1S/C26H20ClF2N5O2/c27-19-11-20-25(32-14-19)34(22-9-7-17(12-30)13-31-22)23(33-20)10-8-18-5-2-6-21(36-26(28)29)24(18)35-15-16-3-1-4-16/h2,5-11,13-14,16,26H,1,3-4,15H2. The molecule has 0 bridgehead atoms. The minimum Gasteiger partial charge on any atom is -0.489 e. The van der Waals surface area contributed by atoms with E-state index < -0.39 is 6.61 Å². The van der Waals surface area contributed by atoms with Crippen LogP contribution in [0.15, 0.2) is 48.8 Å². The number of aromatic nitrogens is 4. The highest BCUT2D eigenvalue weighted by Crippen LogP contribution is 2.36. The third kappa shape index (κ3) is 4.99. The van der Waals surface area contributed by atoms with Gasteiger partial charge in [-0.2, -0.15) is 14.0 Å². The van der Waals surface area contributed by atoms with Gasteiger partial charge in [0.05, 0.1) is 17.2 Å². The number of pyridine rings is 2. The topological polar surface area (TPSA) is 85.9 Å². The highest BCUT2D eigenvalue weighted by molar-refractivity contribution is 6.31. The molecule has 1 aliphatic rings. The summed E-state index contributed by atoms with van der Waals surface area (Å²) in [6.45, 7) is -2.54. The molecule has 1 aromatic carbocycles. The zero-order valence-corrected chi connectivity index (χ0v) is 19.7. The molecule has 1 fully saturated rings. The minimum atomic E-state index is -2.97. The molecule has 0 aliphatic heterocycles. The van der Waals surface area contributed by atoms with Crippen LogP contribution in [0.4, 0.5) is 8.78 Å². The SMILES string of the molecule is N#Cc1ccc(-n2c(C=Cc3cccc(OC(F)F)c3OCC3CCC3)nc3cc(Cl)cnc32)nc1. The first-order valence-electron chi connectivity index (χ1n) is 11.3. The van der Waals surface area contributed by atoms with Crippen LogP contribution in [0.2, 0.25) is 5.02 Å². The van der Waals surface area contributed by atoms with Crippen molar-refractivity contribution in [3.05, 3.63) is 70.8 Å². The minimum absolute atomic E-state index is 0.0258. The first kappa shape index (κ1) is 23.7. The van der Waals surface area contributed by atoms with E-state index in [1.807, 2.05) is 6.07 Å². The molecule has 4 aromatic rings. The third-order valence-electron chi connectivity index (χ3n) is 5.92. The lowest BCUT2D eigenvalue weighted by molar-refractivity contribution is -0.0517. The summed E-state index contributed by atoms with van der Waals surface area (Å²) in [7, 11) is 0. The van der Waals surface area contributed by atoms with Gasteiger partial charge in [0.1, 0.15) is 23.2 Å². The fourth-order valence-corrected chi connectivity index (χ4v) is 4.06. The summed E-state index contributed by atoms with van der Waals surface area (Å²) in [5, 5.41) is 9.54. The third-order valence-corrected chi connectivity index (χ3v) is 6.13. The van der Waals surface area contributed by atoms with Crippen LogP contribution in [0.1, 0.15) is 36.2 Å². The van der Waals surface area contributed by atoms with Crippen molar-refractivity contribution in [3.63, 3.8) is 0 Å².